The summed E-state index contributed by atoms with van der Waals surface area (Å²) in [6.45, 7) is 6.57. The van der Waals surface area contributed by atoms with Crippen molar-refractivity contribution in [2.45, 2.75) is 39.4 Å². The Morgan fingerprint density at radius 2 is 2.11 bits per heavy atom. The molecule has 1 aliphatic heterocycles. The lowest BCUT2D eigenvalue weighted by molar-refractivity contribution is -0.137. The second kappa shape index (κ2) is 7.74. The molecule has 2 aromatic heterocycles. The van der Waals surface area contributed by atoms with Crippen molar-refractivity contribution in [3.05, 3.63) is 29.7 Å². The first-order valence-corrected chi connectivity index (χ1v) is 9.14. The highest BCUT2D eigenvalue weighted by Crippen LogP contribution is 2.29. The van der Waals surface area contributed by atoms with Gasteiger partial charge in [0.1, 0.15) is 0 Å². The van der Waals surface area contributed by atoms with Crippen molar-refractivity contribution in [1.29, 1.82) is 0 Å². The molecule has 1 unspecified atom stereocenters. The van der Waals surface area contributed by atoms with Gasteiger partial charge in [0.05, 0.1) is 12.1 Å². The Kier molecular flexibility index (Phi) is 5.57. The first kappa shape index (κ1) is 19.4. The molecular weight excluding hydrogens is 357 g/mol. The van der Waals surface area contributed by atoms with Gasteiger partial charge in [0, 0.05) is 26.3 Å². The van der Waals surface area contributed by atoms with Crippen LogP contribution in [0.5, 0.6) is 0 Å². The molecule has 6 nitrogen and oxygen atoms in total. The number of nitrogens with zero attached hydrogens (tertiary/aromatic N) is 5. The van der Waals surface area contributed by atoms with Crippen molar-refractivity contribution in [2.75, 3.05) is 20.1 Å². The minimum Gasteiger partial charge on any atom is -0.349 e. The lowest BCUT2D eigenvalue weighted by Crippen LogP contribution is -2.40. The summed E-state index contributed by atoms with van der Waals surface area (Å²) in [4.78, 5) is 6.51. The van der Waals surface area contributed by atoms with Crippen LogP contribution < -0.4 is 5.32 Å². The number of likely N-dealkylation sites (tertiary alicyclic amines) is 1. The molecule has 1 N–H and O–H groups in total. The van der Waals surface area contributed by atoms with E-state index in [2.05, 4.69) is 39.3 Å². The summed E-state index contributed by atoms with van der Waals surface area (Å²) in [5, 5.41) is 11.2. The molecule has 0 amide bonds. The highest BCUT2D eigenvalue weighted by Gasteiger charge is 2.31. The van der Waals surface area contributed by atoms with E-state index >= 15 is 0 Å². The van der Waals surface area contributed by atoms with Gasteiger partial charge in [-0.3, -0.25) is 9.39 Å². The Morgan fingerprint density at radius 3 is 2.78 bits per heavy atom. The van der Waals surface area contributed by atoms with Crippen LogP contribution in [-0.4, -0.2) is 45.6 Å². The van der Waals surface area contributed by atoms with Crippen molar-refractivity contribution in [3.63, 3.8) is 0 Å². The predicted molar refractivity (Wildman–Crippen MR) is 97.3 cm³/mol. The van der Waals surface area contributed by atoms with E-state index in [1.165, 1.54) is 16.9 Å². The number of fused-ring (bicyclic) bond motifs is 1. The SMILES string of the molecule is CN=C(NCc1nnc2ccc(C(F)(F)F)cn12)N1CCC(CC(C)C)C1. The number of guanidine groups is 1. The molecule has 0 spiro atoms. The quantitative estimate of drug-likeness (QED) is 0.652. The Hall–Kier alpha value is -2.32. The third kappa shape index (κ3) is 4.51. The number of rotatable bonds is 4. The molecule has 0 saturated carbocycles. The van der Waals surface area contributed by atoms with Gasteiger partial charge < -0.3 is 10.2 Å². The van der Waals surface area contributed by atoms with Gasteiger partial charge in [0.25, 0.3) is 0 Å². The molecule has 2 aromatic rings. The van der Waals surface area contributed by atoms with Gasteiger partial charge in [-0.15, -0.1) is 10.2 Å². The summed E-state index contributed by atoms with van der Waals surface area (Å²) in [7, 11) is 1.71. The van der Waals surface area contributed by atoms with Gasteiger partial charge in [-0.25, -0.2) is 0 Å². The van der Waals surface area contributed by atoms with Crippen LogP contribution in [0.1, 0.15) is 38.1 Å². The van der Waals surface area contributed by atoms with E-state index in [9.17, 15) is 13.2 Å². The lowest BCUT2D eigenvalue weighted by atomic mass is 9.97. The van der Waals surface area contributed by atoms with Crippen LogP contribution in [0.3, 0.4) is 0 Å². The number of pyridine rings is 1. The van der Waals surface area contributed by atoms with Crippen molar-refractivity contribution < 1.29 is 13.2 Å². The molecule has 1 fully saturated rings. The van der Waals surface area contributed by atoms with Crippen LogP contribution in [0, 0.1) is 11.8 Å². The zero-order valence-corrected chi connectivity index (χ0v) is 15.8. The Labute approximate surface area is 156 Å². The van der Waals surface area contributed by atoms with Gasteiger partial charge in [-0.05, 0) is 36.8 Å². The van der Waals surface area contributed by atoms with Gasteiger partial charge in [0.15, 0.2) is 17.4 Å². The van der Waals surface area contributed by atoms with Crippen molar-refractivity contribution in [1.82, 2.24) is 24.8 Å². The van der Waals surface area contributed by atoms with Crippen molar-refractivity contribution in [3.8, 4) is 0 Å². The molecule has 27 heavy (non-hydrogen) atoms. The van der Waals surface area contributed by atoms with Crippen LogP contribution in [0.4, 0.5) is 13.2 Å². The number of halogens is 3. The van der Waals surface area contributed by atoms with Crippen LogP contribution in [0.2, 0.25) is 0 Å². The predicted octanol–water partition coefficient (Wildman–Crippen LogP) is 3.19. The normalized spacial score (nSPS) is 18.7. The highest BCUT2D eigenvalue weighted by atomic mass is 19.4. The third-order valence-electron chi connectivity index (χ3n) is 4.81. The van der Waals surface area contributed by atoms with E-state index in [4.69, 9.17) is 0 Å². The smallest absolute Gasteiger partial charge is 0.349 e. The monoisotopic (exact) mass is 382 g/mol. The van der Waals surface area contributed by atoms with Crippen molar-refractivity contribution in [2.24, 2.45) is 16.8 Å². The van der Waals surface area contributed by atoms with Gasteiger partial charge in [-0.2, -0.15) is 13.2 Å². The molecule has 0 aromatic carbocycles. The van der Waals surface area contributed by atoms with Crippen LogP contribution in [0.25, 0.3) is 5.65 Å². The molecule has 9 heteroatoms. The molecule has 3 heterocycles. The molecule has 3 rings (SSSR count). The Bertz CT molecular complexity index is 811. The average Bonchev–Trinajstić information content (AvgIpc) is 3.21. The fourth-order valence-electron chi connectivity index (χ4n) is 3.60. The first-order valence-electron chi connectivity index (χ1n) is 9.14. The second-order valence-corrected chi connectivity index (χ2v) is 7.39. The van der Waals surface area contributed by atoms with E-state index in [0.29, 0.717) is 23.3 Å². The average molecular weight is 382 g/mol. The van der Waals surface area contributed by atoms with Crippen LogP contribution in [-0.2, 0) is 12.7 Å². The van der Waals surface area contributed by atoms with E-state index < -0.39 is 11.7 Å². The summed E-state index contributed by atoms with van der Waals surface area (Å²) >= 11 is 0. The molecule has 1 aliphatic rings. The largest absolute Gasteiger partial charge is 0.417 e. The standard InChI is InChI=1S/C18H25F3N6/c1-12(2)8-13-6-7-26(10-13)17(22-3)23-9-16-25-24-15-5-4-14(11-27(15)16)18(19,20)21/h4-5,11-13H,6-10H2,1-3H3,(H,22,23). The second-order valence-electron chi connectivity index (χ2n) is 7.39. The number of alkyl halides is 3. The molecule has 1 saturated heterocycles. The molecule has 0 aliphatic carbocycles. The third-order valence-corrected chi connectivity index (χ3v) is 4.81. The zero-order valence-electron chi connectivity index (χ0n) is 15.8. The molecule has 0 radical (unpaired) electrons. The number of nitrogens with one attached hydrogen (secondary N) is 1. The Balaban J connectivity index is 1.68. The van der Waals surface area contributed by atoms with Gasteiger partial charge >= 0.3 is 6.18 Å². The summed E-state index contributed by atoms with van der Waals surface area (Å²) in [6, 6.07) is 2.34. The van der Waals surface area contributed by atoms with Crippen LogP contribution in [0.15, 0.2) is 23.3 Å². The number of hydrogen-bond acceptors (Lipinski definition) is 3. The Morgan fingerprint density at radius 1 is 1.33 bits per heavy atom. The van der Waals surface area contributed by atoms with E-state index in [-0.39, 0.29) is 6.54 Å². The molecule has 0 bridgehead atoms. The zero-order chi connectivity index (χ0) is 19.6. The fourth-order valence-corrected chi connectivity index (χ4v) is 3.60. The maximum atomic E-state index is 13.0. The first-order chi connectivity index (χ1) is 12.8. The lowest BCUT2D eigenvalue weighted by Gasteiger charge is -2.21. The van der Waals surface area contributed by atoms with Gasteiger partial charge in [0.2, 0.25) is 0 Å². The van der Waals surface area contributed by atoms with Crippen molar-refractivity contribution >= 4 is 11.6 Å². The summed E-state index contributed by atoms with van der Waals surface area (Å²) < 4.78 is 40.2. The minimum absolute atomic E-state index is 0.250. The molecule has 148 valence electrons. The van der Waals surface area contributed by atoms with E-state index in [1.54, 1.807) is 7.05 Å². The maximum absolute atomic E-state index is 13.0. The fraction of sp³-hybridized carbons (Fsp3) is 0.611. The number of hydrogen-bond donors (Lipinski definition) is 1. The molecular formula is C18H25F3N6. The summed E-state index contributed by atoms with van der Waals surface area (Å²) in [6.07, 6.45) is -1.06. The van der Waals surface area contributed by atoms with Crippen LogP contribution >= 0.6 is 0 Å². The van der Waals surface area contributed by atoms with Gasteiger partial charge in [-0.1, -0.05) is 13.8 Å². The topological polar surface area (TPSA) is 57.8 Å². The highest BCUT2D eigenvalue weighted by molar-refractivity contribution is 5.80. The summed E-state index contributed by atoms with van der Waals surface area (Å²) in [5.41, 5.74) is -0.343. The number of aromatic nitrogens is 3. The number of aliphatic imine (C=N–C) groups is 1. The molecule has 1 atom stereocenters. The maximum Gasteiger partial charge on any atom is 0.417 e. The van der Waals surface area contributed by atoms with E-state index in [1.807, 2.05) is 0 Å². The minimum atomic E-state index is -4.40. The van der Waals surface area contributed by atoms with E-state index in [0.717, 1.165) is 37.7 Å². The summed E-state index contributed by atoms with van der Waals surface area (Å²) in [5.74, 6) is 2.46.